The highest BCUT2D eigenvalue weighted by molar-refractivity contribution is 6.42. The third kappa shape index (κ3) is 7.83. The molecule has 174 valence electrons. The van der Waals surface area contributed by atoms with E-state index in [1.165, 1.54) is 5.56 Å². The number of benzene rings is 2. The summed E-state index contributed by atoms with van der Waals surface area (Å²) in [5, 5.41) is 3.83. The van der Waals surface area contributed by atoms with Crippen molar-refractivity contribution in [2.45, 2.75) is 71.9 Å². The van der Waals surface area contributed by atoms with Gasteiger partial charge >= 0.3 is 0 Å². The lowest BCUT2D eigenvalue weighted by atomic mass is 10.00. The Labute approximate surface area is 202 Å². The van der Waals surface area contributed by atoms with Gasteiger partial charge in [-0.25, -0.2) is 0 Å². The number of rotatable bonds is 11. The summed E-state index contributed by atoms with van der Waals surface area (Å²) in [5.74, 6) is 0.259. The molecule has 0 unspecified atom stereocenters. The van der Waals surface area contributed by atoms with Crippen molar-refractivity contribution in [1.82, 2.24) is 10.2 Å². The summed E-state index contributed by atoms with van der Waals surface area (Å²) < 4.78 is 0. The number of unbranched alkanes of at least 4 members (excludes halogenated alkanes) is 1. The molecular weight excluding hydrogens is 443 g/mol. The molecule has 2 aromatic carbocycles. The van der Waals surface area contributed by atoms with Crippen LogP contribution in [0.5, 0.6) is 0 Å². The second kappa shape index (κ2) is 12.9. The molecule has 6 heteroatoms. The van der Waals surface area contributed by atoms with Gasteiger partial charge in [0.2, 0.25) is 11.8 Å². The number of hydrogen-bond donors (Lipinski definition) is 1. The van der Waals surface area contributed by atoms with Gasteiger partial charge in [-0.1, -0.05) is 80.7 Å². The van der Waals surface area contributed by atoms with Gasteiger partial charge in [0.15, 0.2) is 0 Å². The molecule has 0 aromatic heterocycles. The lowest BCUT2D eigenvalue weighted by Gasteiger charge is -2.29. The first-order valence-electron chi connectivity index (χ1n) is 11.3. The first-order valence-corrected chi connectivity index (χ1v) is 12.1. The van der Waals surface area contributed by atoms with Crippen LogP contribution in [-0.4, -0.2) is 29.3 Å². The number of halogens is 2. The zero-order valence-corrected chi connectivity index (χ0v) is 21.0. The molecule has 1 atom stereocenters. The second-order valence-corrected chi connectivity index (χ2v) is 9.30. The van der Waals surface area contributed by atoms with E-state index in [2.05, 4.69) is 50.4 Å². The van der Waals surface area contributed by atoms with Gasteiger partial charge in [-0.2, -0.15) is 0 Å². The molecule has 0 radical (unpaired) electrons. The van der Waals surface area contributed by atoms with Gasteiger partial charge in [-0.3, -0.25) is 9.59 Å². The Hall–Kier alpha value is -2.04. The van der Waals surface area contributed by atoms with Crippen LogP contribution in [0.4, 0.5) is 0 Å². The van der Waals surface area contributed by atoms with Crippen molar-refractivity contribution in [1.29, 1.82) is 0 Å². The Morgan fingerprint density at radius 3 is 2.22 bits per heavy atom. The topological polar surface area (TPSA) is 49.4 Å². The molecule has 0 aliphatic rings. The molecule has 4 nitrogen and oxygen atoms in total. The third-order valence-electron chi connectivity index (χ3n) is 5.61. The van der Waals surface area contributed by atoms with Crippen LogP contribution in [0.25, 0.3) is 0 Å². The maximum absolute atomic E-state index is 13.2. The number of carbonyl (C=O) groups is 2. The molecule has 32 heavy (non-hydrogen) atoms. The monoisotopic (exact) mass is 476 g/mol. The smallest absolute Gasteiger partial charge is 0.242 e. The van der Waals surface area contributed by atoms with Crippen LogP contribution < -0.4 is 5.32 Å². The van der Waals surface area contributed by atoms with Crippen molar-refractivity contribution in [2.24, 2.45) is 0 Å². The van der Waals surface area contributed by atoms with E-state index < -0.39 is 6.04 Å². The Morgan fingerprint density at radius 2 is 1.62 bits per heavy atom. The maximum atomic E-state index is 13.2. The van der Waals surface area contributed by atoms with Gasteiger partial charge in [0.1, 0.15) is 6.04 Å². The van der Waals surface area contributed by atoms with E-state index in [4.69, 9.17) is 23.2 Å². The molecule has 0 aliphatic heterocycles. The van der Waals surface area contributed by atoms with Crippen LogP contribution in [0.15, 0.2) is 42.5 Å². The van der Waals surface area contributed by atoms with Crippen molar-refractivity contribution >= 4 is 35.0 Å². The minimum atomic E-state index is -0.586. The second-order valence-electron chi connectivity index (χ2n) is 8.49. The third-order valence-corrected chi connectivity index (χ3v) is 6.35. The first-order chi connectivity index (χ1) is 15.2. The number of carbonyl (C=O) groups excluding carboxylic acids is 2. The fourth-order valence-corrected chi connectivity index (χ4v) is 3.74. The molecule has 0 heterocycles. The summed E-state index contributed by atoms with van der Waals surface area (Å²) in [7, 11) is 0. The largest absolute Gasteiger partial charge is 0.354 e. The summed E-state index contributed by atoms with van der Waals surface area (Å²) in [6.45, 7) is 9.07. The average Bonchev–Trinajstić information content (AvgIpc) is 2.78. The van der Waals surface area contributed by atoms with Gasteiger partial charge in [0, 0.05) is 19.5 Å². The number of hydrogen-bond acceptors (Lipinski definition) is 2. The first kappa shape index (κ1) is 26.2. The van der Waals surface area contributed by atoms with Crippen molar-refractivity contribution in [3.8, 4) is 0 Å². The van der Waals surface area contributed by atoms with Crippen LogP contribution in [0, 0.1) is 0 Å². The predicted octanol–water partition coefficient (Wildman–Crippen LogP) is 6.38. The predicted molar refractivity (Wildman–Crippen MR) is 133 cm³/mol. The normalized spacial score (nSPS) is 12.0. The van der Waals surface area contributed by atoms with E-state index in [-0.39, 0.29) is 11.8 Å². The van der Waals surface area contributed by atoms with Crippen molar-refractivity contribution in [3.63, 3.8) is 0 Å². The molecule has 0 aliphatic carbocycles. The molecule has 1 N–H and O–H groups in total. The molecule has 2 aromatic rings. The van der Waals surface area contributed by atoms with E-state index >= 15 is 0 Å². The van der Waals surface area contributed by atoms with Crippen LogP contribution in [0.2, 0.25) is 10.0 Å². The Morgan fingerprint density at radius 1 is 0.969 bits per heavy atom. The Balaban J connectivity index is 2.13. The summed E-state index contributed by atoms with van der Waals surface area (Å²) in [6.07, 6.45) is 2.86. The van der Waals surface area contributed by atoms with Gasteiger partial charge in [0.05, 0.1) is 10.0 Å². The fraction of sp³-hybridized carbons (Fsp3) is 0.462. The number of amides is 2. The van der Waals surface area contributed by atoms with Gasteiger partial charge in [-0.15, -0.1) is 0 Å². The van der Waals surface area contributed by atoms with Crippen molar-refractivity contribution in [2.75, 3.05) is 6.54 Å². The molecule has 2 amide bonds. The van der Waals surface area contributed by atoms with Gasteiger partial charge in [0.25, 0.3) is 0 Å². The van der Waals surface area contributed by atoms with Gasteiger partial charge < -0.3 is 10.2 Å². The van der Waals surface area contributed by atoms with E-state index in [0.717, 1.165) is 24.0 Å². The number of nitrogens with one attached hydrogen (secondary N) is 1. The molecule has 0 fully saturated rings. The lowest BCUT2D eigenvalue weighted by Crippen LogP contribution is -2.47. The summed E-state index contributed by atoms with van der Waals surface area (Å²) in [6, 6.07) is 13.1. The van der Waals surface area contributed by atoms with Crippen molar-refractivity contribution in [3.05, 3.63) is 69.2 Å². The minimum Gasteiger partial charge on any atom is -0.354 e. The van der Waals surface area contributed by atoms with E-state index in [0.29, 0.717) is 41.9 Å². The number of nitrogens with zero attached hydrogens (tertiary/aromatic N) is 1. The average molecular weight is 477 g/mol. The Bertz CT molecular complexity index is 897. The standard InChI is InChI=1S/C26H34Cl2N2O2/c1-5-6-15-29-26(32)19(4)30(17-21-9-13-23(27)24(28)16-21)25(31)14-10-20-7-11-22(12-8-20)18(2)3/h7-9,11-13,16,18-19H,5-6,10,14-15,17H2,1-4H3,(H,29,32)/t19-/m1/s1. The molecule has 0 saturated heterocycles. The van der Waals surface area contributed by atoms with Crippen LogP contribution >= 0.6 is 23.2 Å². The SMILES string of the molecule is CCCCNC(=O)[C@@H](C)N(Cc1ccc(Cl)c(Cl)c1)C(=O)CCc1ccc(C(C)C)cc1. The molecule has 0 saturated carbocycles. The Kier molecular flexibility index (Phi) is 10.5. The summed E-state index contributed by atoms with van der Waals surface area (Å²) in [4.78, 5) is 27.5. The zero-order chi connectivity index (χ0) is 23.7. The molecule has 0 bridgehead atoms. The summed E-state index contributed by atoms with van der Waals surface area (Å²) >= 11 is 12.2. The highest BCUT2D eigenvalue weighted by atomic mass is 35.5. The van der Waals surface area contributed by atoms with E-state index in [1.54, 1.807) is 24.0 Å². The highest BCUT2D eigenvalue weighted by Gasteiger charge is 2.26. The van der Waals surface area contributed by atoms with E-state index in [1.807, 2.05) is 6.07 Å². The number of aryl methyl sites for hydroxylation is 1. The maximum Gasteiger partial charge on any atom is 0.242 e. The van der Waals surface area contributed by atoms with E-state index in [9.17, 15) is 9.59 Å². The molecule has 2 rings (SSSR count). The quantitative estimate of drug-likeness (QED) is 0.382. The van der Waals surface area contributed by atoms with Crippen LogP contribution in [-0.2, 0) is 22.6 Å². The van der Waals surface area contributed by atoms with Crippen molar-refractivity contribution < 1.29 is 9.59 Å². The minimum absolute atomic E-state index is 0.0675. The van der Waals surface area contributed by atoms with Crippen LogP contribution in [0.3, 0.4) is 0 Å². The van der Waals surface area contributed by atoms with Gasteiger partial charge in [-0.05, 0) is 54.5 Å². The highest BCUT2D eigenvalue weighted by Crippen LogP contribution is 2.24. The van der Waals surface area contributed by atoms with Crippen LogP contribution in [0.1, 0.15) is 69.6 Å². The molecular formula is C26H34Cl2N2O2. The fourth-order valence-electron chi connectivity index (χ4n) is 3.42. The zero-order valence-electron chi connectivity index (χ0n) is 19.5. The molecule has 0 spiro atoms. The summed E-state index contributed by atoms with van der Waals surface area (Å²) in [5.41, 5.74) is 3.22. The lowest BCUT2D eigenvalue weighted by molar-refractivity contribution is -0.140.